The van der Waals surface area contributed by atoms with E-state index in [-0.39, 0.29) is 5.82 Å². The Balaban J connectivity index is 1.72. The van der Waals surface area contributed by atoms with Gasteiger partial charge in [-0.3, -0.25) is 0 Å². The molecule has 0 aliphatic carbocycles. The van der Waals surface area contributed by atoms with E-state index in [9.17, 15) is 4.39 Å². The Morgan fingerprint density at radius 3 is 2.60 bits per heavy atom. The number of benzene rings is 1. The van der Waals surface area contributed by atoms with Crippen LogP contribution < -0.4 is 4.90 Å². The molecular formula is C14H16FN3O2. The fraction of sp³-hybridized carbons (Fsp3) is 0.429. The number of piperidine rings is 1. The van der Waals surface area contributed by atoms with Crippen LogP contribution in [0.5, 0.6) is 0 Å². The lowest BCUT2D eigenvalue weighted by atomic mass is 10.1. The van der Waals surface area contributed by atoms with E-state index in [2.05, 4.69) is 15.0 Å². The lowest BCUT2D eigenvalue weighted by Crippen LogP contribution is -2.36. The van der Waals surface area contributed by atoms with Crippen LogP contribution in [0.2, 0.25) is 0 Å². The van der Waals surface area contributed by atoms with Gasteiger partial charge >= 0.3 is 6.01 Å². The lowest BCUT2D eigenvalue weighted by Gasteiger charge is -2.29. The fourth-order valence-corrected chi connectivity index (χ4v) is 2.34. The molecular weight excluding hydrogens is 261 g/mol. The number of ether oxygens (including phenoxy) is 1. The summed E-state index contributed by atoms with van der Waals surface area (Å²) in [5.74, 6) is 0.202. The highest BCUT2D eigenvalue weighted by Gasteiger charge is 2.23. The van der Waals surface area contributed by atoms with E-state index >= 15 is 0 Å². The summed E-state index contributed by atoms with van der Waals surface area (Å²) in [7, 11) is 1.74. The number of nitrogens with zero attached hydrogens (tertiary/aromatic N) is 3. The summed E-state index contributed by atoms with van der Waals surface area (Å²) >= 11 is 0. The first-order valence-electron chi connectivity index (χ1n) is 6.63. The van der Waals surface area contributed by atoms with Crippen LogP contribution in [0.25, 0.3) is 11.4 Å². The van der Waals surface area contributed by atoms with Gasteiger partial charge in [0.25, 0.3) is 0 Å². The number of anilines is 1. The van der Waals surface area contributed by atoms with Crippen molar-refractivity contribution in [2.24, 2.45) is 0 Å². The second-order valence-corrected chi connectivity index (χ2v) is 4.83. The molecule has 0 amide bonds. The zero-order valence-electron chi connectivity index (χ0n) is 11.3. The zero-order valence-corrected chi connectivity index (χ0v) is 11.3. The second-order valence-electron chi connectivity index (χ2n) is 4.83. The van der Waals surface area contributed by atoms with Crippen molar-refractivity contribution in [2.45, 2.75) is 18.9 Å². The molecule has 1 aromatic carbocycles. The molecule has 0 N–H and O–H groups in total. The van der Waals surface area contributed by atoms with E-state index < -0.39 is 0 Å². The highest BCUT2D eigenvalue weighted by molar-refractivity contribution is 5.55. The number of methoxy groups -OCH3 is 1. The smallest absolute Gasteiger partial charge is 0.324 e. The predicted molar refractivity (Wildman–Crippen MR) is 71.9 cm³/mol. The number of rotatable bonds is 3. The highest BCUT2D eigenvalue weighted by atomic mass is 19.1. The maximum absolute atomic E-state index is 12.9. The average Bonchev–Trinajstić information content (AvgIpc) is 2.98. The minimum Gasteiger partial charge on any atom is -0.381 e. The molecule has 0 radical (unpaired) electrons. The normalized spacial score (nSPS) is 16.6. The summed E-state index contributed by atoms with van der Waals surface area (Å²) in [5.41, 5.74) is 0.744. The van der Waals surface area contributed by atoms with Gasteiger partial charge in [-0.25, -0.2) is 4.39 Å². The summed E-state index contributed by atoms with van der Waals surface area (Å²) in [6, 6.07) is 6.56. The monoisotopic (exact) mass is 277 g/mol. The maximum atomic E-state index is 12.9. The molecule has 2 heterocycles. The predicted octanol–water partition coefficient (Wildman–Crippen LogP) is 2.49. The molecule has 1 aromatic heterocycles. The Bertz CT molecular complexity index is 562. The van der Waals surface area contributed by atoms with Gasteiger partial charge < -0.3 is 14.2 Å². The van der Waals surface area contributed by atoms with Crippen molar-refractivity contribution in [3.05, 3.63) is 30.1 Å². The van der Waals surface area contributed by atoms with Gasteiger partial charge in [0, 0.05) is 25.8 Å². The quantitative estimate of drug-likeness (QED) is 0.862. The maximum Gasteiger partial charge on any atom is 0.324 e. The van der Waals surface area contributed by atoms with Gasteiger partial charge in [-0.1, -0.05) is 5.16 Å². The highest BCUT2D eigenvalue weighted by Crippen LogP contribution is 2.23. The Kier molecular flexibility index (Phi) is 3.64. The van der Waals surface area contributed by atoms with Crippen molar-refractivity contribution >= 4 is 6.01 Å². The molecule has 1 aliphatic heterocycles. The Morgan fingerprint density at radius 2 is 1.95 bits per heavy atom. The topological polar surface area (TPSA) is 51.4 Å². The molecule has 106 valence electrons. The van der Waals surface area contributed by atoms with Gasteiger partial charge in [-0.15, -0.1) is 0 Å². The van der Waals surface area contributed by atoms with Crippen LogP contribution >= 0.6 is 0 Å². The van der Waals surface area contributed by atoms with Crippen molar-refractivity contribution in [2.75, 3.05) is 25.1 Å². The summed E-state index contributed by atoms with van der Waals surface area (Å²) in [6.07, 6.45) is 2.21. The number of hydrogen-bond acceptors (Lipinski definition) is 5. The molecule has 1 fully saturated rings. The minimum absolute atomic E-state index is 0.279. The molecule has 3 rings (SSSR count). The molecule has 1 aliphatic rings. The number of hydrogen-bond donors (Lipinski definition) is 0. The standard InChI is InChI=1S/C14H16FN3O2/c1-19-12-6-8-18(9-7-12)14-16-13(17-20-14)10-2-4-11(15)5-3-10/h2-5,12H,6-9H2,1H3. The van der Waals surface area contributed by atoms with Gasteiger partial charge in [-0.2, -0.15) is 4.98 Å². The van der Waals surface area contributed by atoms with E-state index in [0.29, 0.717) is 17.9 Å². The average molecular weight is 277 g/mol. The van der Waals surface area contributed by atoms with Crippen molar-refractivity contribution in [1.29, 1.82) is 0 Å². The first-order valence-corrected chi connectivity index (χ1v) is 6.63. The van der Waals surface area contributed by atoms with Crippen LogP contribution in [0.4, 0.5) is 10.4 Å². The molecule has 0 spiro atoms. The summed E-state index contributed by atoms with van der Waals surface area (Å²) < 4.78 is 23.5. The van der Waals surface area contributed by atoms with Crippen molar-refractivity contribution < 1.29 is 13.7 Å². The molecule has 0 bridgehead atoms. The molecule has 20 heavy (non-hydrogen) atoms. The van der Waals surface area contributed by atoms with Crippen molar-refractivity contribution in [3.8, 4) is 11.4 Å². The second kappa shape index (κ2) is 5.58. The molecule has 6 heteroatoms. The summed E-state index contributed by atoms with van der Waals surface area (Å²) in [5, 5.41) is 3.95. The van der Waals surface area contributed by atoms with Gasteiger partial charge in [0.15, 0.2) is 0 Å². The molecule has 0 saturated carbocycles. The van der Waals surface area contributed by atoms with Crippen LogP contribution in [-0.4, -0.2) is 36.4 Å². The largest absolute Gasteiger partial charge is 0.381 e. The summed E-state index contributed by atoms with van der Waals surface area (Å²) in [6.45, 7) is 1.67. The van der Waals surface area contributed by atoms with Crippen LogP contribution in [0.3, 0.4) is 0 Å². The third-order valence-electron chi connectivity index (χ3n) is 3.56. The molecule has 0 unspecified atom stereocenters. The number of aromatic nitrogens is 2. The minimum atomic E-state index is -0.279. The van der Waals surface area contributed by atoms with Gasteiger partial charge in [0.2, 0.25) is 5.82 Å². The van der Waals surface area contributed by atoms with Crippen LogP contribution in [-0.2, 0) is 4.74 Å². The van der Waals surface area contributed by atoms with Gasteiger partial charge in [0.05, 0.1) is 6.10 Å². The molecule has 0 atom stereocenters. The zero-order chi connectivity index (χ0) is 13.9. The van der Waals surface area contributed by atoms with E-state index in [1.54, 1.807) is 19.2 Å². The van der Waals surface area contributed by atoms with Gasteiger partial charge in [-0.05, 0) is 37.1 Å². The van der Waals surface area contributed by atoms with Crippen molar-refractivity contribution in [3.63, 3.8) is 0 Å². The van der Waals surface area contributed by atoms with E-state index in [1.807, 2.05) is 0 Å². The Morgan fingerprint density at radius 1 is 1.25 bits per heavy atom. The fourth-order valence-electron chi connectivity index (χ4n) is 2.34. The molecule has 5 nitrogen and oxygen atoms in total. The van der Waals surface area contributed by atoms with E-state index in [1.165, 1.54) is 12.1 Å². The van der Waals surface area contributed by atoms with Crippen LogP contribution in [0.1, 0.15) is 12.8 Å². The third kappa shape index (κ3) is 2.65. The summed E-state index contributed by atoms with van der Waals surface area (Å²) in [4.78, 5) is 6.42. The van der Waals surface area contributed by atoms with E-state index in [4.69, 9.17) is 9.26 Å². The third-order valence-corrected chi connectivity index (χ3v) is 3.56. The Hall–Kier alpha value is -1.95. The lowest BCUT2D eigenvalue weighted by molar-refractivity contribution is 0.0808. The number of halogens is 1. The van der Waals surface area contributed by atoms with E-state index in [0.717, 1.165) is 31.5 Å². The van der Waals surface area contributed by atoms with Crippen molar-refractivity contribution in [1.82, 2.24) is 10.1 Å². The molecule has 1 saturated heterocycles. The first-order chi connectivity index (χ1) is 9.76. The molecule has 2 aromatic rings. The SMILES string of the molecule is COC1CCN(c2nc(-c3ccc(F)cc3)no2)CC1. The van der Waals surface area contributed by atoms with Crippen LogP contribution in [0.15, 0.2) is 28.8 Å². The van der Waals surface area contributed by atoms with Gasteiger partial charge in [0.1, 0.15) is 5.82 Å². The Labute approximate surface area is 116 Å². The first kappa shape index (κ1) is 13.1. The van der Waals surface area contributed by atoms with Crippen LogP contribution in [0, 0.1) is 5.82 Å².